The molecule has 82 valence electrons. The summed E-state index contributed by atoms with van der Waals surface area (Å²) in [7, 11) is 1.34. The summed E-state index contributed by atoms with van der Waals surface area (Å²) >= 11 is 0. The Labute approximate surface area is 89.0 Å². The molecule has 0 spiro atoms. The topological polar surface area (TPSA) is 63.2 Å². The van der Waals surface area contributed by atoms with Crippen LogP contribution in [0.15, 0.2) is 30.3 Å². The van der Waals surface area contributed by atoms with Gasteiger partial charge in [0.2, 0.25) is 6.04 Å². The Kier molecular flexibility index (Phi) is 4.80. The Morgan fingerprint density at radius 2 is 2.07 bits per heavy atom. The van der Waals surface area contributed by atoms with E-state index in [-0.39, 0.29) is 12.6 Å². The molecule has 3 N–H and O–H groups in total. The third-order valence-electron chi connectivity index (χ3n) is 1.97. The summed E-state index contributed by atoms with van der Waals surface area (Å²) in [4.78, 5) is 11.0. The van der Waals surface area contributed by atoms with Crippen molar-refractivity contribution in [2.45, 2.75) is 12.6 Å². The zero-order valence-corrected chi connectivity index (χ0v) is 8.81. The first kappa shape index (κ1) is 11.7. The molecular weight excluding hydrogens is 194 g/mol. The lowest BCUT2D eigenvalue weighted by molar-refractivity contribution is -0.415. The first-order valence-electron chi connectivity index (χ1n) is 4.76. The van der Waals surface area contributed by atoms with Crippen molar-refractivity contribution in [2.24, 2.45) is 0 Å². The Balaban J connectivity index is 2.25. The van der Waals surface area contributed by atoms with Crippen LogP contribution in [-0.2, 0) is 20.9 Å². The molecule has 15 heavy (non-hydrogen) atoms. The van der Waals surface area contributed by atoms with Crippen molar-refractivity contribution in [2.75, 3.05) is 13.7 Å². The van der Waals surface area contributed by atoms with Crippen LogP contribution in [0.25, 0.3) is 0 Å². The SMILES string of the molecule is COC(=O)C([NH3+])COCc1ccccc1. The normalized spacial score (nSPS) is 12.1. The van der Waals surface area contributed by atoms with Crippen molar-refractivity contribution < 1.29 is 20.0 Å². The van der Waals surface area contributed by atoms with Crippen LogP contribution in [0.5, 0.6) is 0 Å². The lowest BCUT2D eigenvalue weighted by Gasteiger charge is -2.07. The van der Waals surface area contributed by atoms with Crippen LogP contribution in [0, 0.1) is 0 Å². The van der Waals surface area contributed by atoms with E-state index >= 15 is 0 Å². The molecule has 0 heterocycles. The van der Waals surface area contributed by atoms with Crippen LogP contribution in [-0.4, -0.2) is 25.7 Å². The summed E-state index contributed by atoms with van der Waals surface area (Å²) in [5, 5.41) is 0. The molecule has 0 aliphatic rings. The summed E-state index contributed by atoms with van der Waals surface area (Å²) in [5.41, 5.74) is 4.72. The maximum absolute atomic E-state index is 11.0. The van der Waals surface area contributed by atoms with Gasteiger partial charge in [-0.25, -0.2) is 4.79 Å². The van der Waals surface area contributed by atoms with Crippen LogP contribution in [0.1, 0.15) is 5.56 Å². The predicted octanol–water partition coefficient (Wildman–Crippen LogP) is -0.0133. The molecular formula is C11H16NO3+. The lowest BCUT2D eigenvalue weighted by atomic mass is 10.2. The molecule has 1 aromatic rings. The van der Waals surface area contributed by atoms with Crippen molar-refractivity contribution in [3.05, 3.63) is 35.9 Å². The van der Waals surface area contributed by atoms with E-state index < -0.39 is 6.04 Å². The number of carbonyl (C=O) groups excluding carboxylic acids is 1. The number of rotatable bonds is 5. The van der Waals surface area contributed by atoms with Gasteiger partial charge in [-0.2, -0.15) is 0 Å². The third kappa shape index (κ3) is 4.10. The molecule has 4 heteroatoms. The quantitative estimate of drug-likeness (QED) is 0.695. The average Bonchev–Trinajstić information content (AvgIpc) is 2.29. The molecule has 1 aromatic carbocycles. The van der Waals surface area contributed by atoms with Crippen molar-refractivity contribution in [1.82, 2.24) is 0 Å². The highest BCUT2D eigenvalue weighted by Gasteiger charge is 2.17. The molecule has 0 saturated heterocycles. The zero-order chi connectivity index (χ0) is 11.1. The smallest absolute Gasteiger partial charge is 0.366 e. The van der Waals surface area contributed by atoms with Gasteiger partial charge in [0.05, 0.1) is 13.7 Å². The summed E-state index contributed by atoms with van der Waals surface area (Å²) in [6.07, 6.45) is 0. The second kappa shape index (κ2) is 6.16. The standard InChI is InChI=1S/C11H15NO3/c1-14-11(13)10(12)8-15-7-9-5-3-2-4-6-9/h2-6,10H,7-8,12H2,1H3/p+1. The number of benzene rings is 1. The maximum atomic E-state index is 11.0. The van der Waals surface area contributed by atoms with Gasteiger partial charge in [0.1, 0.15) is 6.61 Å². The minimum Gasteiger partial charge on any atom is -0.465 e. The van der Waals surface area contributed by atoms with Gasteiger partial charge in [-0.1, -0.05) is 30.3 Å². The van der Waals surface area contributed by atoms with Crippen LogP contribution < -0.4 is 5.73 Å². The van der Waals surface area contributed by atoms with Crippen molar-refractivity contribution in [3.8, 4) is 0 Å². The first-order chi connectivity index (χ1) is 7.24. The minimum atomic E-state index is -0.460. The number of esters is 1. The summed E-state index contributed by atoms with van der Waals surface area (Å²) in [6.45, 7) is 0.769. The number of hydrogen-bond acceptors (Lipinski definition) is 3. The third-order valence-corrected chi connectivity index (χ3v) is 1.97. The van der Waals surface area contributed by atoms with Crippen LogP contribution in [0.4, 0.5) is 0 Å². The largest absolute Gasteiger partial charge is 0.465 e. The van der Waals surface area contributed by atoms with E-state index in [1.165, 1.54) is 7.11 Å². The van der Waals surface area contributed by atoms with Gasteiger partial charge in [-0.15, -0.1) is 0 Å². The van der Waals surface area contributed by atoms with Gasteiger partial charge in [-0.05, 0) is 5.56 Å². The van der Waals surface area contributed by atoms with Crippen LogP contribution in [0.2, 0.25) is 0 Å². The highest BCUT2D eigenvalue weighted by Crippen LogP contribution is 2.00. The lowest BCUT2D eigenvalue weighted by Crippen LogP contribution is -2.67. The molecule has 1 atom stereocenters. The number of methoxy groups -OCH3 is 1. The van der Waals surface area contributed by atoms with Gasteiger partial charge >= 0.3 is 5.97 Å². The van der Waals surface area contributed by atoms with Crippen LogP contribution in [0.3, 0.4) is 0 Å². The fourth-order valence-corrected chi connectivity index (χ4v) is 1.13. The van der Waals surface area contributed by atoms with Crippen molar-refractivity contribution >= 4 is 5.97 Å². The monoisotopic (exact) mass is 210 g/mol. The maximum Gasteiger partial charge on any atom is 0.366 e. The molecule has 0 radical (unpaired) electrons. The van der Waals surface area contributed by atoms with E-state index in [9.17, 15) is 4.79 Å². The van der Waals surface area contributed by atoms with E-state index in [4.69, 9.17) is 4.74 Å². The Bertz CT molecular complexity index is 300. The van der Waals surface area contributed by atoms with Crippen molar-refractivity contribution in [1.29, 1.82) is 0 Å². The first-order valence-corrected chi connectivity index (χ1v) is 4.76. The molecule has 0 amide bonds. The number of ether oxygens (including phenoxy) is 2. The second-order valence-electron chi connectivity index (χ2n) is 3.22. The fourth-order valence-electron chi connectivity index (χ4n) is 1.13. The van der Waals surface area contributed by atoms with Gasteiger partial charge < -0.3 is 15.2 Å². The molecule has 0 aliphatic carbocycles. The predicted molar refractivity (Wildman–Crippen MR) is 54.8 cm³/mol. The van der Waals surface area contributed by atoms with Gasteiger partial charge in [0, 0.05) is 0 Å². The van der Waals surface area contributed by atoms with Gasteiger partial charge in [-0.3, -0.25) is 0 Å². The number of quaternary nitrogens is 1. The molecule has 4 nitrogen and oxygen atoms in total. The van der Waals surface area contributed by atoms with E-state index in [0.717, 1.165) is 5.56 Å². The van der Waals surface area contributed by atoms with Gasteiger partial charge in [0.15, 0.2) is 0 Å². The summed E-state index contributed by atoms with van der Waals surface area (Å²) in [6, 6.07) is 9.31. The number of hydrogen-bond donors (Lipinski definition) is 1. The average molecular weight is 210 g/mol. The zero-order valence-electron chi connectivity index (χ0n) is 8.81. The fraction of sp³-hybridized carbons (Fsp3) is 0.364. The molecule has 0 aliphatic heterocycles. The number of carbonyl (C=O) groups is 1. The van der Waals surface area contributed by atoms with E-state index in [2.05, 4.69) is 10.5 Å². The molecule has 1 unspecified atom stereocenters. The molecule has 1 rings (SSSR count). The second-order valence-corrected chi connectivity index (χ2v) is 3.22. The van der Waals surface area contributed by atoms with E-state index in [1.807, 2.05) is 30.3 Å². The molecule has 0 fully saturated rings. The Morgan fingerprint density at radius 3 is 2.67 bits per heavy atom. The highest BCUT2D eigenvalue weighted by atomic mass is 16.5. The van der Waals surface area contributed by atoms with Crippen LogP contribution >= 0.6 is 0 Å². The summed E-state index contributed by atoms with van der Waals surface area (Å²) in [5.74, 6) is -0.344. The molecule has 0 bridgehead atoms. The molecule has 0 saturated carbocycles. The van der Waals surface area contributed by atoms with E-state index in [0.29, 0.717) is 6.61 Å². The summed E-state index contributed by atoms with van der Waals surface area (Å²) < 4.78 is 9.87. The van der Waals surface area contributed by atoms with Crippen molar-refractivity contribution in [3.63, 3.8) is 0 Å². The molecule has 0 aromatic heterocycles. The Hall–Kier alpha value is -1.39. The highest BCUT2D eigenvalue weighted by molar-refractivity contribution is 5.73. The van der Waals surface area contributed by atoms with E-state index in [1.54, 1.807) is 0 Å². The Morgan fingerprint density at radius 1 is 1.40 bits per heavy atom. The minimum absolute atomic E-state index is 0.279. The van der Waals surface area contributed by atoms with Gasteiger partial charge in [0.25, 0.3) is 0 Å².